The average molecular weight is 319 g/mol. The molecule has 0 radical (unpaired) electrons. The van der Waals surface area contributed by atoms with Crippen LogP contribution in [0.1, 0.15) is 25.2 Å². The Morgan fingerprint density at radius 1 is 1.26 bits per heavy atom. The molecule has 0 aliphatic carbocycles. The second kappa shape index (κ2) is 5.50. The van der Waals surface area contributed by atoms with Crippen LogP contribution in [0.3, 0.4) is 0 Å². The molecule has 2 rings (SSSR count). The van der Waals surface area contributed by atoms with Gasteiger partial charge in [0.1, 0.15) is 5.76 Å². The van der Waals surface area contributed by atoms with Gasteiger partial charge in [0.25, 0.3) is 0 Å². The van der Waals surface area contributed by atoms with Crippen LogP contribution in [-0.2, 0) is 12.0 Å². The fraction of sp³-hybridized carbons (Fsp3) is 0.267. The Kier molecular flexibility index (Phi) is 3.96. The minimum Gasteiger partial charge on any atom is -0.466 e. The molecule has 0 bridgehead atoms. The van der Waals surface area contributed by atoms with Gasteiger partial charge in [-0.3, -0.25) is 0 Å². The smallest absolute Gasteiger partial charge is 0.136 e. The van der Waals surface area contributed by atoms with Crippen LogP contribution < -0.4 is 5.32 Å². The summed E-state index contributed by atoms with van der Waals surface area (Å²) in [5, 5.41) is 12.4. The fourth-order valence-corrected chi connectivity index (χ4v) is 2.04. The van der Waals surface area contributed by atoms with Crippen molar-refractivity contribution < 1.29 is 4.42 Å². The summed E-state index contributed by atoms with van der Waals surface area (Å²) in [6.07, 6.45) is 1.65. The third kappa shape index (κ3) is 3.18. The minimum atomic E-state index is -0.456. The molecule has 4 heteroatoms. The molecule has 0 unspecified atom stereocenters. The van der Waals surface area contributed by atoms with Crippen molar-refractivity contribution in [1.29, 1.82) is 5.26 Å². The number of furan rings is 1. The van der Waals surface area contributed by atoms with E-state index in [4.69, 9.17) is 9.68 Å². The van der Waals surface area contributed by atoms with Crippen LogP contribution in [0.5, 0.6) is 0 Å². The molecule has 3 nitrogen and oxygen atoms in total. The first-order valence-corrected chi connectivity index (χ1v) is 6.80. The molecule has 0 aliphatic heterocycles. The van der Waals surface area contributed by atoms with Crippen LogP contribution in [0.4, 0.5) is 5.69 Å². The summed E-state index contributed by atoms with van der Waals surface area (Å²) in [5.41, 5.74) is 1.56. The molecule has 1 aromatic heterocycles. The summed E-state index contributed by atoms with van der Waals surface area (Å²) in [7, 11) is 0. The van der Waals surface area contributed by atoms with Gasteiger partial charge in [-0.15, -0.1) is 0 Å². The van der Waals surface area contributed by atoms with Crippen molar-refractivity contribution in [3.63, 3.8) is 0 Å². The second-order valence-corrected chi connectivity index (χ2v) is 5.71. The SMILES string of the molecule is CC(C)(C#N)c1ccc(NCc2occc2Br)cc1. The van der Waals surface area contributed by atoms with Crippen LogP contribution in [0.25, 0.3) is 0 Å². The second-order valence-electron chi connectivity index (χ2n) is 4.86. The van der Waals surface area contributed by atoms with E-state index >= 15 is 0 Å². The number of anilines is 1. The molecule has 0 atom stereocenters. The van der Waals surface area contributed by atoms with E-state index in [1.54, 1.807) is 6.26 Å². The van der Waals surface area contributed by atoms with Crippen molar-refractivity contribution in [2.75, 3.05) is 5.32 Å². The van der Waals surface area contributed by atoms with E-state index in [0.717, 1.165) is 21.5 Å². The Labute approximate surface area is 121 Å². The van der Waals surface area contributed by atoms with Crippen molar-refractivity contribution in [2.24, 2.45) is 0 Å². The topological polar surface area (TPSA) is 49.0 Å². The average Bonchev–Trinajstić information content (AvgIpc) is 2.82. The number of rotatable bonds is 4. The van der Waals surface area contributed by atoms with Crippen molar-refractivity contribution in [2.45, 2.75) is 25.8 Å². The summed E-state index contributed by atoms with van der Waals surface area (Å²) >= 11 is 3.42. The molecular weight excluding hydrogens is 304 g/mol. The molecule has 0 saturated carbocycles. The third-order valence-electron chi connectivity index (χ3n) is 3.03. The standard InChI is InChI=1S/C15H15BrN2O/c1-15(2,10-17)11-3-5-12(6-4-11)18-9-14-13(16)7-8-19-14/h3-8,18H,9H2,1-2H3. The molecule has 19 heavy (non-hydrogen) atoms. The highest BCUT2D eigenvalue weighted by Gasteiger charge is 2.19. The predicted molar refractivity (Wildman–Crippen MR) is 78.8 cm³/mol. The number of nitrogens with one attached hydrogen (secondary N) is 1. The fourth-order valence-electron chi connectivity index (χ4n) is 1.70. The van der Waals surface area contributed by atoms with Crippen LogP contribution in [-0.4, -0.2) is 0 Å². The highest BCUT2D eigenvalue weighted by Crippen LogP contribution is 2.24. The van der Waals surface area contributed by atoms with Gasteiger partial charge in [0.2, 0.25) is 0 Å². The number of halogens is 1. The number of hydrogen-bond donors (Lipinski definition) is 1. The van der Waals surface area contributed by atoms with Crippen molar-refractivity contribution in [3.05, 3.63) is 52.4 Å². The first-order chi connectivity index (χ1) is 9.03. The molecule has 0 fully saturated rings. The van der Waals surface area contributed by atoms with E-state index in [1.807, 2.05) is 44.2 Å². The van der Waals surface area contributed by atoms with E-state index in [2.05, 4.69) is 27.3 Å². The first kappa shape index (κ1) is 13.7. The number of hydrogen-bond acceptors (Lipinski definition) is 3. The molecule has 98 valence electrons. The molecule has 0 aliphatic rings. The molecule has 1 N–H and O–H groups in total. The molecule has 1 aromatic carbocycles. The monoisotopic (exact) mass is 318 g/mol. The van der Waals surface area contributed by atoms with Gasteiger partial charge < -0.3 is 9.73 Å². The Balaban J connectivity index is 2.04. The molecule has 2 aromatic rings. The van der Waals surface area contributed by atoms with Gasteiger partial charge in [-0.25, -0.2) is 0 Å². The van der Waals surface area contributed by atoms with E-state index in [-0.39, 0.29) is 0 Å². The molecular formula is C15H15BrN2O. The van der Waals surface area contributed by atoms with Gasteiger partial charge >= 0.3 is 0 Å². The van der Waals surface area contributed by atoms with Gasteiger partial charge in [-0.2, -0.15) is 5.26 Å². The maximum atomic E-state index is 9.09. The van der Waals surface area contributed by atoms with Gasteiger partial charge in [-0.05, 0) is 53.5 Å². The lowest BCUT2D eigenvalue weighted by Crippen LogP contribution is -2.13. The molecule has 1 heterocycles. The van der Waals surface area contributed by atoms with Gasteiger partial charge in [0.05, 0.1) is 28.8 Å². The Bertz CT molecular complexity index is 593. The van der Waals surface area contributed by atoms with E-state index < -0.39 is 5.41 Å². The zero-order chi connectivity index (χ0) is 13.9. The summed E-state index contributed by atoms with van der Waals surface area (Å²) in [4.78, 5) is 0. The number of benzene rings is 1. The zero-order valence-electron chi connectivity index (χ0n) is 10.9. The summed E-state index contributed by atoms with van der Waals surface area (Å²) in [6.45, 7) is 4.44. The largest absolute Gasteiger partial charge is 0.466 e. The Morgan fingerprint density at radius 2 is 1.95 bits per heavy atom. The first-order valence-electron chi connectivity index (χ1n) is 6.00. The van der Waals surface area contributed by atoms with Crippen LogP contribution in [0.15, 0.2) is 45.5 Å². The normalized spacial score (nSPS) is 11.1. The Hall–Kier alpha value is -1.73. The third-order valence-corrected chi connectivity index (χ3v) is 3.74. The molecule has 0 spiro atoms. The van der Waals surface area contributed by atoms with E-state index in [9.17, 15) is 0 Å². The zero-order valence-corrected chi connectivity index (χ0v) is 12.5. The number of nitriles is 1. The van der Waals surface area contributed by atoms with Crippen LogP contribution >= 0.6 is 15.9 Å². The summed E-state index contributed by atoms with van der Waals surface area (Å²) < 4.78 is 6.29. The van der Waals surface area contributed by atoms with Crippen molar-refractivity contribution in [1.82, 2.24) is 0 Å². The summed E-state index contributed by atoms with van der Waals surface area (Å²) in [5.74, 6) is 0.862. The molecule has 0 saturated heterocycles. The van der Waals surface area contributed by atoms with Crippen LogP contribution in [0.2, 0.25) is 0 Å². The lowest BCUT2D eigenvalue weighted by atomic mass is 9.86. The Morgan fingerprint density at radius 3 is 2.47 bits per heavy atom. The number of nitrogens with zero attached hydrogens (tertiary/aromatic N) is 1. The van der Waals surface area contributed by atoms with Gasteiger partial charge in [0, 0.05) is 5.69 Å². The van der Waals surface area contributed by atoms with Crippen molar-refractivity contribution in [3.8, 4) is 6.07 Å². The van der Waals surface area contributed by atoms with Crippen LogP contribution in [0, 0.1) is 11.3 Å². The van der Waals surface area contributed by atoms with Crippen molar-refractivity contribution >= 4 is 21.6 Å². The highest BCUT2D eigenvalue weighted by molar-refractivity contribution is 9.10. The highest BCUT2D eigenvalue weighted by atomic mass is 79.9. The quantitative estimate of drug-likeness (QED) is 0.905. The maximum absolute atomic E-state index is 9.09. The summed E-state index contributed by atoms with van der Waals surface area (Å²) in [6, 6.07) is 12.1. The van der Waals surface area contributed by atoms with E-state index in [0.29, 0.717) is 6.54 Å². The maximum Gasteiger partial charge on any atom is 0.136 e. The van der Waals surface area contributed by atoms with Gasteiger partial charge in [-0.1, -0.05) is 12.1 Å². The lowest BCUT2D eigenvalue weighted by molar-refractivity contribution is 0.516. The predicted octanol–water partition coefficient (Wildman–Crippen LogP) is 4.46. The minimum absolute atomic E-state index is 0.456. The van der Waals surface area contributed by atoms with E-state index in [1.165, 1.54) is 0 Å². The molecule has 0 amide bonds. The van der Waals surface area contributed by atoms with Gasteiger partial charge in [0.15, 0.2) is 0 Å². The lowest BCUT2D eigenvalue weighted by Gasteiger charge is -2.16.